The largest absolute Gasteiger partial charge is 0 e. The summed E-state index contributed by atoms with van der Waals surface area (Å²) in [5.74, 6) is 0. The molecule has 0 fully saturated rings. The quantitative estimate of drug-likeness (QED) is 0.499. The van der Waals surface area contributed by atoms with Gasteiger partial charge in [-0.3, -0.25) is 0 Å². The van der Waals surface area contributed by atoms with Crippen LogP contribution in [-0.2, 0) is 20.4 Å². The van der Waals surface area contributed by atoms with E-state index in [9.17, 15) is 0 Å². The van der Waals surface area contributed by atoms with Crippen LogP contribution < -0.4 is 0 Å². The zero-order chi connectivity index (χ0) is 9.94. The van der Waals surface area contributed by atoms with Gasteiger partial charge < -0.3 is 0 Å². The Bertz CT molecular complexity index is 77.3. The summed E-state index contributed by atoms with van der Waals surface area (Å²) in [7, 11) is 0. The van der Waals surface area contributed by atoms with E-state index in [1.54, 1.807) is 13.3 Å². The van der Waals surface area contributed by atoms with Gasteiger partial charge in [0.2, 0.25) is 0 Å². The molecular weight excluding hydrogens is 369 g/mol. The molecule has 0 heterocycles. The van der Waals surface area contributed by atoms with Crippen LogP contribution in [0.4, 0.5) is 0 Å². The van der Waals surface area contributed by atoms with E-state index in [4.69, 9.17) is 0 Å². The molecule has 0 aliphatic heterocycles. The first kappa shape index (κ1) is 17.8. The van der Waals surface area contributed by atoms with E-state index in [-0.39, 0.29) is 20.4 Å². The minimum Gasteiger partial charge on any atom is 0 e. The molecule has 14 heavy (non-hydrogen) atoms. The van der Waals surface area contributed by atoms with Gasteiger partial charge in [-0.05, 0) is 0 Å². The van der Waals surface area contributed by atoms with E-state index in [0.29, 0.717) is 0 Å². The Kier molecular flexibility index (Phi) is 18.4. The summed E-state index contributed by atoms with van der Waals surface area (Å²) >= 11 is -0.967. The van der Waals surface area contributed by atoms with Crippen molar-refractivity contribution < 1.29 is 20.4 Å². The molecule has 0 unspecified atom stereocenters. The van der Waals surface area contributed by atoms with Crippen molar-refractivity contribution in [2.75, 3.05) is 0 Å². The molecule has 2 heteroatoms. The van der Waals surface area contributed by atoms with Gasteiger partial charge >= 0.3 is 92.4 Å². The van der Waals surface area contributed by atoms with Crippen LogP contribution in [0.1, 0.15) is 59.3 Å². The van der Waals surface area contributed by atoms with Gasteiger partial charge in [-0.25, -0.2) is 0 Å². The Morgan fingerprint density at radius 1 is 0.643 bits per heavy atom. The van der Waals surface area contributed by atoms with E-state index in [1.807, 2.05) is 0 Å². The molecule has 0 rings (SSSR count). The zero-order valence-electron chi connectivity index (χ0n) is 10.3. The van der Waals surface area contributed by atoms with Gasteiger partial charge in [0.25, 0.3) is 0 Å². The van der Waals surface area contributed by atoms with Crippen molar-refractivity contribution in [3.63, 3.8) is 0 Å². The zero-order valence-corrected chi connectivity index (χ0v) is 15.1. The summed E-state index contributed by atoms with van der Waals surface area (Å²) in [6.07, 6.45) is 8.87. The van der Waals surface area contributed by atoms with Gasteiger partial charge in [0.05, 0.1) is 0 Å². The number of rotatable bonds is 9. The van der Waals surface area contributed by atoms with Crippen molar-refractivity contribution in [2.45, 2.75) is 72.6 Å². The fraction of sp³-hybridized carbons (Fsp3) is 1.00. The molecule has 0 saturated carbocycles. The molecule has 0 spiro atoms. The van der Waals surface area contributed by atoms with Crippen LogP contribution in [0.3, 0.4) is 0 Å². The van der Waals surface area contributed by atoms with E-state index in [2.05, 4.69) is 20.8 Å². The minimum absolute atomic E-state index is 0. The molecule has 0 aliphatic rings. The van der Waals surface area contributed by atoms with Gasteiger partial charge in [0.15, 0.2) is 0 Å². The molecular formula is C12H28PdSn. The van der Waals surface area contributed by atoms with E-state index in [1.165, 1.54) is 38.5 Å². The predicted octanol–water partition coefficient (Wildman–Crippen LogP) is 4.61. The van der Waals surface area contributed by atoms with Crippen molar-refractivity contribution in [2.24, 2.45) is 0 Å². The van der Waals surface area contributed by atoms with Crippen molar-refractivity contribution in [3.05, 3.63) is 0 Å². The smallest absolute Gasteiger partial charge is 0 e. The average Bonchev–Trinajstić information content (AvgIpc) is 2.17. The van der Waals surface area contributed by atoms with Crippen LogP contribution in [-0.4, -0.2) is 19.8 Å². The molecule has 0 aromatic heterocycles. The third-order valence-corrected chi connectivity index (χ3v) is 13.4. The SMILES string of the molecule is CCC[CH2][SnH]([CH2]CCC)[CH2]CCC.[Pd]. The van der Waals surface area contributed by atoms with Gasteiger partial charge in [-0.2, -0.15) is 0 Å². The Morgan fingerprint density at radius 3 is 1.14 bits per heavy atom. The fourth-order valence-corrected chi connectivity index (χ4v) is 12.8. The summed E-state index contributed by atoms with van der Waals surface area (Å²) in [5.41, 5.74) is 0. The predicted molar refractivity (Wildman–Crippen MR) is 66.3 cm³/mol. The molecule has 0 atom stereocenters. The van der Waals surface area contributed by atoms with Crippen LogP contribution in [0.2, 0.25) is 13.3 Å². The molecule has 90 valence electrons. The van der Waals surface area contributed by atoms with Crippen LogP contribution in [0, 0.1) is 0 Å². The van der Waals surface area contributed by atoms with E-state index in [0.717, 1.165) is 0 Å². The van der Waals surface area contributed by atoms with Crippen molar-refractivity contribution in [1.82, 2.24) is 0 Å². The van der Waals surface area contributed by atoms with Crippen LogP contribution in [0.5, 0.6) is 0 Å². The summed E-state index contributed by atoms with van der Waals surface area (Å²) in [6, 6.07) is 0. The maximum atomic E-state index is 2.34. The number of unbranched alkanes of at least 4 members (excludes halogenated alkanes) is 3. The summed E-state index contributed by atoms with van der Waals surface area (Å²) in [6.45, 7) is 7.01. The van der Waals surface area contributed by atoms with Crippen LogP contribution >= 0.6 is 0 Å². The minimum atomic E-state index is -0.967. The third kappa shape index (κ3) is 11.5. The van der Waals surface area contributed by atoms with Crippen LogP contribution in [0.25, 0.3) is 0 Å². The molecule has 0 aromatic rings. The van der Waals surface area contributed by atoms with Gasteiger partial charge in [0.1, 0.15) is 0 Å². The first-order chi connectivity index (χ1) is 6.35. The fourth-order valence-electron chi connectivity index (χ4n) is 1.91. The molecule has 0 bridgehead atoms. The summed E-state index contributed by atoms with van der Waals surface area (Å²) < 4.78 is 5.08. The molecule has 0 saturated heterocycles. The van der Waals surface area contributed by atoms with Gasteiger partial charge in [0, 0.05) is 20.4 Å². The van der Waals surface area contributed by atoms with Crippen molar-refractivity contribution in [3.8, 4) is 0 Å². The van der Waals surface area contributed by atoms with Gasteiger partial charge in [-0.15, -0.1) is 0 Å². The second-order valence-electron chi connectivity index (χ2n) is 4.29. The monoisotopic (exact) mass is 398 g/mol. The maximum absolute atomic E-state index is 2.34. The molecule has 0 nitrogen and oxygen atoms in total. The van der Waals surface area contributed by atoms with E-state index < -0.39 is 19.8 Å². The number of hydrogen-bond acceptors (Lipinski definition) is 0. The topological polar surface area (TPSA) is 0 Å². The third-order valence-electron chi connectivity index (χ3n) is 2.90. The number of hydrogen-bond donors (Lipinski definition) is 0. The standard InChI is InChI=1S/3C4H9.Pd.Sn.H/c3*1-3-4-2;;;/h3*1,3-4H2,2H3;;;. The Hall–Kier alpha value is 1.46. The molecule has 0 aromatic carbocycles. The molecule has 0 radical (unpaired) electrons. The van der Waals surface area contributed by atoms with E-state index >= 15 is 0 Å². The normalized spacial score (nSPS) is 10.3. The van der Waals surface area contributed by atoms with Crippen molar-refractivity contribution >= 4 is 19.8 Å². The summed E-state index contributed by atoms with van der Waals surface area (Å²) in [4.78, 5) is 0. The Balaban J connectivity index is 0. The Morgan fingerprint density at radius 2 is 0.929 bits per heavy atom. The Labute approximate surface area is 112 Å². The first-order valence-corrected chi connectivity index (χ1v) is 13.3. The van der Waals surface area contributed by atoms with Gasteiger partial charge in [-0.1, -0.05) is 0 Å². The molecule has 0 aliphatic carbocycles. The van der Waals surface area contributed by atoms with Crippen molar-refractivity contribution in [1.29, 1.82) is 0 Å². The maximum Gasteiger partial charge on any atom is 0 e. The summed E-state index contributed by atoms with van der Waals surface area (Å²) in [5, 5.41) is 0. The second-order valence-corrected chi connectivity index (χ2v) is 14.2. The average molecular weight is 397 g/mol. The molecule has 0 amide bonds. The van der Waals surface area contributed by atoms with Crippen LogP contribution in [0.15, 0.2) is 0 Å². The first-order valence-electron chi connectivity index (χ1n) is 6.35. The molecule has 0 N–H and O–H groups in total. The second kappa shape index (κ2) is 14.5.